The average molecular weight is 531 g/mol. The van der Waals surface area contributed by atoms with E-state index in [-0.39, 0.29) is 24.0 Å². The second kappa shape index (κ2) is 11.7. The molecule has 0 saturated heterocycles. The van der Waals surface area contributed by atoms with Gasteiger partial charge < -0.3 is 19.9 Å². The van der Waals surface area contributed by atoms with Crippen LogP contribution in [-0.4, -0.2) is 29.2 Å². The minimum Gasteiger partial charge on any atom is -0.493 e. The maximum absolute atomic E-state index is 6.00. The Morgan fingerprint density at radius 1 is 1.06 bits per heavy atom. The Balaban J connectivity index is 0.00000272. The molecule has 1 aliphatic carbocycles. The predicted molar refractivity (Wildman–Crippen MR) is 135 cm³/mol. The number of nitrogens with one attached hydrogen (secondary N) is 2. The average Bonchev–Trinajstić information content (AvgIpc) is 3.48. The molecule has 31 heavy (non-hydrogen) atoms. The fourth-order valence-corrected chi connectivity index (χ4v) is 3.22. The molecule has 0 spiro atoms. The third kappa shape index (κ3) is 7.27. The lowest BCUT2D eigenvalue weighted by Gasteiger charge is -2.15. The van der Waals surface area contributed by atoms with Crippen LogP contribution in [0.1, 0.15) is 29.5 Å². The Hall–Kier alpha value is -2.55. The molecule has 0 aliphatic heterocycles. The van der Waals surface area contributed by atoms with E-state index in [4.69, 9.17) is 4.74 Å². The topological polar surface area (TPSA) is 63.5 Å². The van der Waals surface area contributed by atoms with Crippen LogP contribution < -0.4 is 15.4 Å². The molecule has 2 aromatic carbocycles. The van der Waals surface area contributed by atoms with Gasteiger partial charge in [0.15, 0.2) is 5.96 Å². The molecular weight excluding hydrogens is 501 g/mol. The number of guanidine groups is 1. The highest BCUT2D eigenvalue weighted by atomic mass is 127. The molecule has 0 unspecified atom stereocenters. The van der Waals surface area contributed by atoms with Crippen LogP contribution in [-0.2, 0) is 19.6 Å². The van der Waals surface area contributed by atoms with Gasteiger partial charge in [0, 0.05) is 44.6 Å². The van der Waals surface area contributed by atoms with Crippen LogP contribution in [0, 0.1) is 5.92 Å². The van der Waals surface area contributed by atoms with Crippen LogP contribution in [0.5, 0.6) is 5.75 Å². The molecule has 0 atom stereocenters. The molecule has 1 aliphatic rings. The van der Waals surface area contributed by atoms with E-state index in [1.54, 1.807) is 13.2 Å². The number of aliphatic imine (C=N–C) groups is 1. The molecule has 1 aromatic heterocycles. The van der Waals surface area contributed by atoms with Crippen molar-refractivity contribution in [2.45, 2.75) is 32.5 Å². The van der Waals surface area contributed by atoms with Crippen LogP contribution in [0.15, 0.2) is 72.2 Å². The van der Waals surface area contributed by atoms with Crippen molar-refractivity contribution in [2.24, 2.45) is 10.9 Å². The van der Waals surface area contributed by atoms with Crippen molar-refractivity contribution in [3.05, 3.63) is 83.9 Å². The molecule has 3 aromatic rings. The number of nitrogens with zero attached hydrogens (tertiary/aromatic N) is 3. The maximum Gasteiger partial charge on any atom is 0.191 e. The highest BCUT2D eigenvalue weighted by Gasteiger charge is 2.22. The van der Waals surface area contributed by atoms with Gasteiger partial charge in [-0.1, -0.05) is 42.5 Å². The van der Waals surface area contributed by atoms with Crippen molar-refractivity contribution in [2.75, 3.05) is 13.7 Å². The van der Waals surface area contributed by atoms with E-state index in [0.29, 0.717) is 13.1 Å². The number of hydrogen-bond donors (Lipinski definition) is 2. The first-order chi connectivity index (χ1) is 14.8. The van der Waals surface area contributed by atoms with Crippen molar-refractivity contribution in [1.29, 1.82) is 0 Å². The van der Waals surface area contributed by atoms with E-state index in [9.17, 15) is 0 Å². The highest BCUT2D eigenvalue weighted by Crippen LogP contribution is 2.30. The minimum atomic E-state index is 0. The molecule has 0 amide bonds. The molecule has 7 heteroatoms. The van der Waals surface area contributed by atoms with Crippen molar-refractivity contribution in [1.82, 2.24) is 20.2 Å². The molecule has 0 bridgehead atoms. The summed E-state index contributed by atoms with van der Waals surface area (Å²) in [5.41, 5.74) is 3.60. The van der Waals surface area contributed by atoms with Gasteiger partial charge in [-0.3, -0.25) is 4.99 Å². The minimum absolute atomic E-state index is 0. The van der Waals surface area contributed by atoms with Gasteiger partial charge in [-0.2, -0.15) is 0 Å². The Morgan fingerprint density at radius 2 is 1.81 bits per heavy atom. The SMILES string of the molecule is CN=C(NCc1ccc(Cn2ccnc2)cc1)NCc1ccccc1OCC1CC1.I. The number of aromatic nitrogens is 2. The lowest BCUT2D eigenvalue weighted by molar-refractivity contribution is 0.296. The second-order valence-electron chi connectivity index (χ2n) is 7.69. The summed E-state index contributed by atoms with van der Waals surface area (Å²) >= 11 is 0. The lowest BCUT2D eigenvalue weighted by Crippen LogP contribution is -2.36. The van der Waals surface area contributed by atoms with E-state index in [0.717, 1.165) is 36.3 Å². The Labute approximate surface area is 201 Å². The number of hydrogen-bond acceptors (Lipinski definition) is 3. The molecular formula is C24H30IN5O. The first-order valence-electron chi connectivity index (χ1n) is 10.5. The number of rotatable bonds is 9. The molecule has 4 rings (SSSR count). The Bertz CT molecular complexity index is 952. The number of ether oxygens (including phenoxy) is 1. The van der Waals surface area contributed by atoms with Crippen LogP contribution in [0.3, 0.4) is 0 Å². The quantitative estimate of drug-likeness (QED) is 0.247. The summed E-state index contributed by atoms with van der Waals surface area (Å²) in [6.45, 7) is 3.04. The van der Waals surface area contributed by atoms with E-state index in [2.05, 4.69) is 55.5 Å². The zero-order valence-corrected chi connectivity index (χ0v) is 20.2. The predicted octanol–water partition coefficient (Wildman–Crippen LogP) is 4.20. The van der Waals surface area contributed by atoms with Crippen LogP contribution in [0.25, 0.3) is 0 Å². The van der Waals surface area contributed by atoms with Gasteiger partial charge in [0.2, 0.25) is 0 Å². The van der Waals surface area contributed by atoms with Crippen molar-refractivity contribution in [3.8, 4) is 5.75 Å². The van der Waals surface area contributed by atoms with Gasteiger partial charge in [0.1, 0.15) is 5.75 Å². The summed E-state index contributed by atoms with van der Waals surface area (Å²) < 4.78 is 8.06. The molecule has 0 radical (unpaired) electrons. The number of para-hydroxylation sites is 1. The monoisotopic (exact) mass is 531 g/mol. The van der Waals surface area contributed by atoms with Crippen LogP contribution >= 0.6 is 24.0 Å². The van der Waals surface area contributed by atoms with E-state index >= 15 is 0 Å². The number of benzene rings is 2. The standard InChI is InChI=1S/C24H29N5O.HI/c1-25-24(28-15-22-4-2-3-5-23(22)30-17-21-10-11-21)27-14-19-6-8-20(9-7-19)16-29-13-12-26-18-29;/h2-9,12-13,18,21H,10-11,14-17H2,1H3,(H2,25,27,28);1H. The summed E-state index contributed by atoms with van der Waals surface area (Å²) in [5.74, 6) is 2.47. The number of halogens is 1. The fourth-order valence-electron chi connectivity index (χ4n) is 3.22. The summed E-state index contributed by atoms with van der Waals surface area (Å²) in [7, 11) is 1.79. The fraction of sp³-hybridized carbons (Fsp3) is 0.333. The highest BCUT2D eigenvalue weighted by molar-refractivity contribution is 14.0. The van der Waals surface area contributed by atoms with Gasteiger partial charge in [-0.25, -0.2) is 4.98 Å². The van der Waals surface area contributed by atoms with Crippen molar-refractivity contribution < 1.29 is 4.74 Å². The summed E-state index contributed by atoms with van der Waals surface area (Å²) in [6, 6.07) is 16.8. The van der Waals surface area contributed by atoms with Crippen LogP contribution in [0.4, 0.5) is 0 Å². The zero-order valence-electron chi connectivity index (χ0n) is 17.8. The lowest BCUT2D eigenvalue weighted by atomic mass is 10.1. The normalized spacial score (nSPS) is 13.4. The Kier molecular flexibility index (Phi) is 8.75. The first kappa shape index (κ1) is 23.1. The Morgan fingerprint density at radius 3 is 2.52 bits per heavy atom. The van der Waals surface area contributed by atoms with E-state index in [1.807, 2.05) is 30.7 Å². The van der Waals surface area contributed by atoms with Crippen LogP contribution in [0.2, 0.25) is 0 Å². The van der Waals surface area contributed by atoms with Gasteiger partial charge in [0.25, 0.3) is 0 Å². The third-order valence-corrected chi connectivity index (χ3v) is 5.22. The van der Waals surface area contributed by atoms with Gasteiger partial charge >= 0.3 is 0 Å². The van der Waals surface area contributed by atoms with E-state index in [1.165, 1.54) is 24.0 Å². The number of imidazole rings is 1. The van der Waals surface area contributed by atoms with Gasteiger partial charge in [-0.05, 0) is 36.0 Å². The largest absolute Gasteiger partial charge is 0.493 e. The van der Waals surface area contributed by atoms with E-state index < -0.39 is 0 Å². The zero-order chi connectivity index (χ0) is 20.6. The molecule has 2 N–H and O–H groups in total. The smallest absolute Gasteiger partial charge is 0.191 e. The summed E-state index contributed by atoms with van der Waals surface area (Å²) in [4.78, 5) is 8.43. The van der Waals surface area contributed by atoms with Crippen molar-refractivity contribution in [3.63, 3.8) is 0 Å². The molecule has 1 saturated carbocycles. The molecule has 1 heterocycles. The molecule has 164 valence electrons. The van der Waals surface area contributed by atoms with Gasteiger partial charge in [0.05, 0.1) is 12.9 Å². The molecule has 1 fully saturated rings. The third-order valence-electron chi connectivity index (χ3n) is 5.22. The maximum atomic E-state index is 6.00. The second-order valence-corrected chi connectivity index (χ2v) is 7.69. The van der Waals surface area contributed by atoms with Gasteiger partial charge in [-0.15, -0.1) is 24.0 Å². The summed E-state index contributed by atoms with van der Waals surface area (Å²) in [5, 5.41) is 6.77. The van der Waals surface area contributed by atoms with Crippen molar-refractivity contribution >= 4 is 29.9 Å². The molecule has 6 nitrogen and oxygen atoms in total. The summed E-state index contributed by atoms with van der Waals surface area (Å²) in [6.07, 6.45) is 8.19. The first-order valence-corrected chi connectivity index (χ1v) is 10.5.